The molecule has 4 aromatic carbocycles. The van der Waals surface area contributed by atoms with Gasteiger partial charge in [-0.3, -0.25) is 0 Å². The molecule has 0 bridgehead atoms. The van der Waals surface area contributed by atoms with Crippen LogP contribution in [0.5, 0.6) is 80.5 Å². The normalized spacial score (nSPS) is 12.5. The highest BCUT2D eigenvalue weighted by atomic mass is 19.4. The molecule has 0 aromatic heterocycles. The van der Waals surface area contributed by atoms with E-state index >= 15 is 0 Å². The van der Waals surface area contributed by atoms with Crippen molar-refractivity contribution < 1.29 is 122 Å². The quantitative estimate of drug-likeness (QED) is 0.0264. The minimum atomic E-state index is -5.01. The van der Waals surface area contributed by atoms with Crippen molar-refractivity contribution in [2.24, 2.45) is 0 Å². The Kier molecular flexibility index (Phi) is 28.4. The second-order valence-electron chi connectivity index (χ2n) is 19.3. The van der Waals surface area contributed by atoms with Crippen molar-refractivity contribution in [3.05, 3.63) is 102 Å². The van der Waals surface area contributed by atoms with Gasteiger partial charge in [-0.25, -0.2) is 0 Å². The van der Waals surface area contributed by atoms with Crippen LogP contribution in [0, 0.1) is 27.7 Å². The van der Waals surface area contributed by atoms with Crippen LogP contribution >= 0.6 is 0 Å². The van der Waals surface area contributed by atoms with Crippen LogP contribution in [-0.2, 0) is 38.0 Å². The summed E-state index contributed by atoms with van der Waals surface area (Å²) in [4.78, 5) is 0. The van der Waals surface area contributed by atoms with Crippen LogP contribution in [0.25, 0.3) is 0 Å². The number of halogens is 12. The molecule has 86 heavy (non-hydrogen) atoms. The Morgan fingerprint density at radius 1 is 0.326 bits per heavy atom. The van der Waals surface area contributed by atoms with Crippen molar-refractivity contribution in [1.29, 1.82) is 0 Å². The molecule has 0 spiro atoms. The summed E-state index contributed by atoms with van der Waals surface area (Å²) in [5.74, 6) is -9.81. The summed E-state index contributed by atoms with van der Waals surface area (Å²) in [6.45, 7) is 20.9. The Labute approximate surface area is 491 Å². The second kappa shape index (κ2) is 32.1. The van der Waals surface area contributed by atoms with Gasteiger partial charge in [0.1, 0.15) is 22.6 Å². The average molecular weight is 1250 g/mol. The first-order valence-electron chi connectivity index (χ1n) is 26.3. The first-order chi connectivity index (χ1) is 39.5. The maximum absolute atomic E-state index is 13.1. The molecular formula is C60H76F12O14. The molecule has 0 aliphatic rings. The van der Waals surface area contributed by atoms with Crippen LogP contribution in [0.3, 0.4) is 0 Å². The topological polar surface area (TPSA) is 217 Å². The van der Waals surface area contributed by atoms with Gasteiger partial charge in [0.05, 0.1) is 28.4 Å². The number of aromatic hydroxyl groups is 8. The van der Waals surface area contributed by atoms with Crippen molar-refractivity contribution in [3.8, 4) is 80.5 Å². The first kappa shape index (κ1) is 76.2. The predicted octanol–water partition coefficient (Wildman–Crippen LogP) is 17.1. The van der Waals surface area contributed by atoms with E-state index in [1.165, 1.54) is 27.7 Å². The first-order valence-corrected chi connectivity index (χ1v) is 26.3. The Morgan fingerprint density at radius 3 is 0.814 bits per heavy atom. The molecule has 14 nitrogen and oxygen atoms in total. The number of allylic oxidation sites excluding steroid dienone is 8. The third-order valence-corrected chi connectivity index (χ3v) is 13.7. The van der Waals surface area contributed by atoms with Gasteiger partial charge in [0, 0.05) is 38.9 Å². The molecule has 4 aromatic rings. The van der Waals surface area contributed by atoms with E-state index in [1.54, 1.807) is 18.2 Å². The van der Waals surface area contributed by atoms with E-state index in [-0.39, 0.29) is 70.2 Å². The van der Waals surface area contributed by atoms with Gasteiger partial charge >= 0.3 is 25.1 Å². The molecule has 0 aliphatic heterocycles. The third-order valence-electron chi connectivity index (χ3n) is 13.7. The van der Waals surface area contributed by atoms with Crippen molar-refractivity contribution >= 4 is 0 Å². The monoisotopic (exact) mass is 1250 g/mol. The van der Waals surface area contributed by atoms with Gasteiger partial charge in [-0.15, -0.1) is 26.3 Å². The van der Waals surface area contributed by atoms with Crippen LogP contribution < -0.4 is 28.4 Å². The summed E-state index contributed by atoms with van der Waals surface area (Å²) in [6, 6.07) is 0. The zero-order valence-corrected chi connectivity index (χ0v) is 50.5. The summed E-state index contributed by atoms with van der Waals surface area (Å²) in [5, 5.41) is 80.0. The van der Waals surface area contributed by atoms with Gasteiger partial charge in [0.25, 0.3) is 0 Å². The van der Waals surface area contributed by atoms with Crippen LogP contribution in [0.4, 0.5) is 52.7 Å². The predicted molar refractivity (Wildman–Crippen MR) is 299 cm³/mol. The smallest absolute Gasteiger partial charge is 0.507 e. The Morgan fingerprint density at radius 2 is 0.535 bits per heavy atom. The lowest BCUT2D eigenvalue weighted by Crippen LogP contribution is -2.18. The highest BCUT2D eigenvalue weighted by molar-refractivity contribution is 5.68. The van der Waals surface area contributed by atoms with Gasteiger partial charge in [-0.1, -0.05) is 74.3 Å². The molecule has 0 amide bonds. The SMILES string of the molecule is CC/C(C)=C/Cc1c(C)c(O)c(C(F)(F)F)c(OC)c1O.CC/C(C)=C/Cc1c(C)c(O)c(OC(F)(F)F)c(OC)c1O.CC/C(C)=C/Cc1c(C)c(O)c(OC)c(C(F)(F)F)c1O.CC/C(C)=C/Cc1c(C)c(O)c(OC)c(OC(F)(F)F)c1O. The highest BCUT2D eigenvalue weighted by Crippen LogP contribution is 2.54. The zero-order valence-electron chi connectivity index (χ0n) is 50.5. The number of hydrogen-bond acceptors (Lipinski definition) is 14. The van der Waals surface area contributed by atoms with E-state index in [9.17, 15) is 93.5 Å². The number of hydrogen-bond donors (Lipinski definition) is 8. The maximum Gasteiger partial charge on any atom is 0.573 e. The zero-order chi connectivity index (χ0) is 66.9. The van der Waals surface area contributed by atoms with Gasteiger partial charge < -0.3 is 69.3 Å². The molecule has 0 saturated heterocycles. The standard InChI is InChI=1S/2C15H19F3O4.2C15H19F3O3/c1-5-8(2)6-7-10-9(3)11(19)14(22-15(16,17)18)13(21-4)12(10)20;1-5-8(2)6-7-10-9(3)11(19)13(21-4)14(12(10)20)22-15(16,17)18;1-5-8(2)6-7-10-9(3)12(19)14(21-4)11(13(10)20)15(16,17)18;1-5-8(2)6-7-10-9(3)12(19)11(15(16,17)18)14(21-4)13(10)20/h2*6,19-20H,5,7H2,1-4H3;2*6,19-20H,5,7H2,1-4H3/b4*8-6+. The Balaban J connectivity index is 0.000000573. The Hall–Kier alpha value is -7.80. The molecule has 26 heteroatoms. The van der Waals surface area contributed by atoms with Gasteiger partial charge in [-0.05, 0) is 112 Å². The van der Waals surface area contributed by atoms with E-state index in [2.05, 4.69) is 18.9 Å². The molecule has 4 rings (SSSR count). The number of ether oxygens (including phenoxy) is 6. The minimum absolute atomic E-state index is 0.000720. The molecule has 484 valence electrons. The van der Waals surface area contributed by atoms with E-state index in [0.717, 1.165) is 76.4 Å². The largest absolute Gasteiger partial charge is 0.573 e. The molecular weight excluding hydrogens is 1170 g/mol. The highest BCUT2D eigenvalue weighted by Gasteiger charge is 2.43. The summed E-state index contributed by atoms with van der Waals surface area (Å²) >= 11 is 0. The number of alkyl halides is 12. The van der Waals surface area contributed by atoms with Crippen LogP contribution in [0.1, 0.15) is 137 Å². The van der Waals surface area contributed by atoms with Gasteiger partial charge in [0.2, 0.25) is 23.0 Å². The van der Waals surface area contributed by atoms with Crippen molar-refractivity contribution in [2.75, 3.05) is 28.4 Å². The summed E-state index contributed by atoms with van der Waals surface area (Å²) in [6.07, 6.45) is -8.65. The average Bonchev–Trinajstić information content (AvgIpc) is 1.38. The molecule has 0 fully saturated rings. The van der Waals surface area contributed by atoms with E-state index < -0.39 is 117 Å². The molecule has 0 aliphatic carbocycles. The fourth-order valence-electron chi connectivity index (χ4n) is 7.83. The van der Waals surface area contributed by atoms with Crippen molar-refractivity contribution in [2.45, 2.75) is 160 Å². The molecule has 0 saturated carbocycles. The van der Waals surface area contributed by atoms with Gasteiger partial charge in [0.15, 0.2) is 46.0 Å². The summed E-state index contributed by atoms with van der Waals surface area (Å²) in [7, 11) is 4.21. The fraction of sp³-hybridized carbons (Fsp3) is 0.467. The van der Waals surface area contributed by atoms with E-state index in [4.69, 9.17) is 9.47 Å². The lowest BCUT2D eigenvalue weighted by Gasteiger charge is -2.19. The number of phenolic OH excluding ortho intramolecular Hbond substituents is 8. The maximum atomic E-state index is 13.1. The molecule has 0 heterocycles. The number of phenols is 8. The van der Waals surface area contributed by atoms with E-state index in [0.29, 0.717) is 0 Å². The van der Waals surface area contributed by atoms with Crippen molar-refractivity contribution in [1.82, 2.24) is 0 Å². The van der Waals surface area contributed by atoms with Crippen molar-refractivity contribution in [3.63, 3.8) is 0 Å². The lowest BCUT2D eigenvalue weighted by atomic mass is 9.96. The molecule has 0 radical (unpaired) electrons. The number of benzene rings is 4. The molecule has 8 N–H and O–H groups in total. The summed E-state index contributed by atoms with van der Waals surface area (Å²) in [5.41, 5.74) is 2.64. The lowest BCUT2D eigenvalue weighted by molar-refractivity contribution is -0.276. The Bertz CT molecular complexity index is 3100. The van der Waals surface area contributed by atoms with Gasteiger partial charge in [-0.2, -0.15) is 26.3 Å². The second-order valence-corrected chi connectivity index (χ2v) is 19.3. The van der Waals surface area contributed by atoms with Crippen LogP contribution in [-0.4, -0.2) is 82.0 Å². The molecule has 0 atom stereocenters. The number of methoxy groups -OCH3 is 4. The third kappa shape index (κ3) is 20.2. The molecule has 0 unspecified atom stereocenters. The minimum Gasteiger partial charge on any atom is -0.507 e. The fourth-order valence-corrected chi connectivity index (χ4v) is 7.83. The number of rotatable bonds is 18. The summed E-state index contributed by atoms with van der Waals surface area (Å²) < 4.78 is 179. The van der Waals surface area contributed by atoms with E-state index in [1.807, 2.05) is 61.5 Å². The van der Waals surface area contributed by atoms with Crippen LogP contribution in [0.2, 0.25) is 0 Å². The van der Waals surface area contributed by atoms with Crippen LogP contribution in [0.15, 0.2) is 46.6 Å².